The molecule has 1 spiro atoms. The molecule has 67 heavy (non-hydrogen) atoms. The largest absolute Gasteiger partial charge is 0.507 e. The van der Waals surface area contributed by atoms with Crippen molar-refractivity contribution in [3.8, 4) is 5.75 Å². The van der Waals surface area contributed by atoms with Gasteiger partial charge in [0.2, 0.25) is 17.8 Å². The molecule has 1 saturated carbocycles. The molecule has 1 aliphatic carbocycles. The summed E-state index contributed by atoms with van der Waals surface area (Å²) in [7, 11) is 0. The highest BCUT2D eigenvalue weighted by molar-refractivity contribution is 5.92. The Balaban J connectivity index is 0.000000607. The minimum atomic E-state index is -0.742. The van der Waals surface area contributed by atoms with Gasteiger partial charge in [0.1, 0.15) is 29.4 Å². The van der Waals surface area contributed by atoms with Crippen molar-refractivity contribution >= 4 is 41.4 Å². The van der Waals surface area contributed by atoms with Crippen LogP contribution in [-0.4, -0.2) is 117 Å². The number of carbonyl (C=O) groups excluding carboxylic acids is 3. The Morgan fingerprint density at radius 1 is 1.01 bits per heavy atom. The predicted molar refractivity (Wildman–Crippen MR) is 261 cm³/mol. The third-order valence-electron chi connectivity index (χ3n) is 15.1. The number of hydrogen-bond donors (Lipinski definition) is 6. The summed E-state index contributed by atoms with van der Waals surface area (Å²) < 4.78 is 5.22. The molecule has 6 aliphatic rings. The molecule has 3 unspecified atom stereocenters. The van der Waals surface area contributed by atoms with Crippen molar-refractivity contribution in [3.05, 3.63) is 88.6 Å². The number of ether oxygens (including phenoxy) is 1. The van der Waals surface area contributed by atoms with Crippen molar-refractivity contribution in [2.45, 2.75) is 122 Å². The van der Waals surface area contributed by atoms with E-state index in [1.165, 1.54) is 11.1 Å². The summed E-state index contributed by atoms with van der Waals surface area (Å²) in [5.74, 6) is 1.90. The lowest BCUT2D eigenvalue weighted by Crippen LogP contribution is -2.70. The zero-order chi connectivity index (χ0) is 47.8. The summed E-state index contributed by atoms with van der Waals surface area (Å²) in [6, 6.07) is 5.93. The van der Waals surface area contributed by atoms with Crippen LogP contribution in [-0.2, 0) is 20.7 Å². The minimum absolute atomic E-state index is 0.0419. The fourth-order valence-corrected chi connectivity index (χ4v) is 11.2. The minimum Gasteiger partial charge on any atom is -0.507 e. The van der Waals surface area contributed by atoms with Gasteiger partial charge in [-0.1, -0.05) is 45.6 Å². The van der Waals surface area contributed by atoms with Crippen LogP contribution in [0.1, 0.15) is 126 Å². The quantitative estimate of drug-likeness (QED) is 0.150. The molecule has 0 bridgehead atoms. The molecule has 16 nitrogen and oxygen atoms in total. The normalized spacial score (nSPS) is 23.4. The molecule has 16 heteroatoms. The van der Waals surface area contributed by atoms with E-state index < -0.39 is 23.4 Å². The molecule has 9 N–H and O–H groups in total. The Morgan fingerprint density at radius 2 is 1.72 bits per heavy atom. The van der Waals surface area contributed by atoms with Gasteiger partial charge < -0.3 is 56.9 Å². The molecule has 5 fully saturated rings. The molecule has 0 radical (unpaired) electrons. The van der Waals surface area contributed by atoms with Crippen molar-refractivity contribution in [2.75, 3.05) is 56.5 Å². The Morgan fingerprint density at radius 3 is 2.34 bits per heavy atom. The van der Waals surface area contributed by atoms with Gasteiger partial charge in [-0.25, -0.2) is 14.8 Å². The number of primary amides is 1. The number of urea groups is 1. The fraction of sp³-hybridized carbons (Fsp3) is 0.549. The number of nitrogens with zero attached hydrogens (tertiary/aromatic N) is 6. The number of allylic oxidation sites excluding steroid dienone is 2. The number of aromatic hydroxyl groups is 1. The van der Waals surface area contributed by atoms with Gasteiger partial charge in [-0.05, 0) is 119 Å². The van der Waals surface area contributed by atoms with E-state index in [-0.39, 0.29) is 29.1 Å². The number of carbonyl (C=O) groups is 3. The van der Waals surface area contributed by atoms with Crippen LogP contribution in [0.2, 0.25) is 0 Å². The first-order valence-corrected chi connectivity index (χ1v) is 24.2. The van der Waals surface area contributed by atoms with Gasteiger partial charge in [-0.3, -0.25) is 9.59 Å². The number of nitrogen functional groups attached to an aromatic ring is 1. The number of nitrogens with two attached hydrogens (primary N) is 3. The Hall–Kier alpha value is -6.03. The number of phenolic OH excluding ortho intramolecular Hbond substituents is 1. The first kappa shape index (κ1) is 47.5. The molecule has 7 heterocycles. The molecule has 1 aromatic carbocycles. The second-order valence-corrected chi connectivity index (χ2v) is 20.7. The van der Waals surface area contributed by atoms with E-state index in [9.17, 15) is 19.5 Å². The molecule has 9 rings (SSSR count). The van der Waals surface area contributed by atoms with E-state index in [1.807, 2.05) is 57.1 Å². The van der Waals surface area contributed by atoms with Crippen LogP contribution in [0.15, 0.2) is 60.6 Å². The highest BCUT2D eigenvalue weighted by atomic mass is 16.5. The lowest BCUT2D eigenvalue weighted by Gasteiger charge is -2.61. The second kappa shape index (κ2) is 19.3. The third kappa shape index (κ3) is 9.86. The lowest BCUT2D eigenvalue weighted by atomic mass is 9.60. The number of likely N-dealkylation sites (tertiary alicyclic amines) is 3. The van der Waals surface area contributed by atoms with Crippen LogP contribution in [0.3, 0.4) is 0 Å². The highest BCUT2D eigenvalue weighted by Gasteiger charge is 2.56. The number of para-hydroxylation sites is 1. The number of amides is 4. The molecule has 5 aliphatic heterocycles. The number of H-pyrrole nitrogens is 1. The number of aromatic amines is 1. The van der Waals surface area contributed by atoms with Crippen LogP contribution in [0.4, 0.5) is 16.6 Å². The van der Waals surface area contributed by atoms with E-state index in [0.29, 0.717) is 61.0 Å². The number of phenols is 1. The van der Waals surface area contributed by atoms with E-state index >= 15 is 0 Å². The summed E-state index contributed by atoms with van der Waals surface area (Å²) >= 11 is 0. The number of anilines is 2. The van der Waals surface area contributed by atoms with Crippen molar-refractivity contribution < 1.29 is 24.2 Å². The summed E-state index contributed by atoms with van der Waals surface area (Å²) in [6.07, 6.45) is 16.5. The Labute approximate surface area is 395 Å². The first-order valence-electron chi connectivity index (χ1n) is 24.2. The van der Waals surface area contributed by atoms with Crippen molar-refractivity contribution in [1.82, 2.24) is 35.0 Å². The molecule has 3 atom stereocenters. The summed E-state index contributed by atoms with van der Waals surface area (Å²) in [5, 5.41) is 13.4. The van der Waals surface area contributed by atoms with Crippen LogP contribution < -0.4 is 27.4 Å². The van der Waals surface area contributed by atoms with Crippen molar-refractivity contribution in [2.24, 2.45) is 22.3 Å². The third-order valence-corrected chi connectivity index (χ3v) is 15.1. The zero-order valence-corrected chi connectivity index (χ0v) is 40.0. The van der Waals surface area contributed by atoms with Gasteiger partial charge in [-0.15, -0.1) is 0 Å². The topological polar surface area (TPSA) is 225 Å². The van der Waals surface area contributed by atoms with Crippen LogP contribution in [0.25, 0.3) is 11.8 Å². The maximum Gasteiger partial charge on any atom is 0.318 e. The summed E-state index contributed by atoms with van der Waals surface area (Å²) in [6.45, 7) is 19.3. The molecule has 3 aromatic rings. The van der Waals surface area contributed by atoms with Crippen LogP contribution in [0.5, 0.6) is 5.75 Å². The molecule has 4 amide bonds. The maximum absolute atomic E-state index is 13.6. The average molecular weight is 918 g/mol. The monoisotopic (exact) mass is 918 g/mol. The van der Waals surface area contributed by atoms with Crippen LogP contribution in [0, 0.1) is 10.8 Å². The van der Waals surface area contributed by atoms with E-state index in [0.717, 1.165) is 100 Å². The maximum atomic E-state index is 13.6. The number of benzene rings is 1. The fourth-order valence-electron chi connectivity index (χ4n) is 11.2. The summed E-state index contributed by atoms with van der Waals surface area (Å²) in [4.78, 5) is 60.3. The summed E-state index contributed by atoms with van der Waals surface area (Å²) in [5.41, 5.74) is 24.5. The Kier molecular flexibility index (Phi) is 13.7. The lowest BCUT2D eigenvalue weighted by molar-refractivity contribution is -0.141. The molecule has 4 saturated heterocycles. The molecular weight excluding hydrogens is 847 g/mol. The standard InChI is InChI=1S/C43H59N11O4.C8H12O/c1-25-35-30(18-31(44)29-8-5-6-10-34(29)55)37(45)49-32(35)13-17-53(25)40-47-21-27(22-48-40)26-11-15-51(16-12-26)28-19-43(20-28)23-52(24-43)41(58)50-36(42(2,3)4)39(57)54-14-7-9-33(54)38(46)56;1-3-8-5-4-6-9-7(8)2/h5-6,8,10,18,21-22,25-26,28,33,36,49,55H,7,9,11-17,19-20,23-24,44-45H2,1-4H3,(H2,46,56)(H,50,58);3H,2,4-6H2,1H3/b31-18-;8-3-. The second-order valence-electron chi connectivity index (χ2n) is 20.7. The molecular formula is C51H71N11O5. The highest BCUT2D eigenvalue weighted by Crippen LogP contribution is 2.51. The first-order chi connectivity index (χ1) is 32.0. The van der Waals surface area contributed by atoms with E-state index in [4.69, 9.17) is 31.9 Å². The predicted octanol–water partition coefficient (Wildman–Crippen LogP) is 6.17. The van der Waals surface area contributed by atoms with E-state index in [1.54, 1.807) is 23.1 Å². The van der Waals surface area contributed by atoms with Gasteiger partial charge in [0, 0.05) is 84.5 Å². The van der Waals surface area contributed by atoms with Crippen molar-refractivity contribution in [1.29, 1.82) is 0 Å². The van der Waals surface area contributed by atoms with Crippen molar-refractivity contribution in [3.63, 3.8) is 0 Å². The van der Waals surface area contributed by atoms with Gasteiger partial charge in [0.25, 0.3) is 0 Å². The number of aromatic nitrogens is 3. The van der Waals surface area contributed by atoms with Gasteiger partial charge in [0.05, 0.1) is 12.6 Å². The smallest absolute Gasteiger partial charge is 0.318 e. The molecule has 2 aromatic heterocycles. The number of piperidine rings is 1. The van der Waals surface area contributed by atoms with Crippen LogP contribution >= 0.6 is 0 Å². The number of hydrogen-bond acceptors (Lipinski definition) is 11. The van der Waals surface area contributed by atoms with E-state index in [2.05, 4.69) is 39.7 Å². The van der Waals surface area contributed by atoms with Gasteiger partial charge in [-0.2, -0.15) is 0 Å². The van der Waals surface area contributed by atoms with Gasteiger partial charge in [0.15, 0.2) is 0 Å². The number of nitrogens with one attached hydrogen (secondary N) is 2. The SMILES string of the molecule is C=C1OCCC/C1=C/C.CC1c2c([nH]c(N)c2/C=C(\N)c2ccccc2O)CCN1c1ncc(C2CCN(C3CC4(C3)CN(C(=O)NC(C(=O)N3CCCC3C(N)=O)C(C)(C)C)C4)CC2)cn1. The Bertz CT molecular complexity index is 2380. The number of fused-ring (bicyclic) bond motifs is 1. The number of rotatable bonds is 8. The average Bonchev–Trinajstić information content (AvgIpc) is 3.90. The van der Waals surface area contributed by atoms with Gasteiger partial charge >= 0.3 is 6.03 Å². The molecule has 360 valence electrons. The zero-order valence-electron chi connectivity index (χ0n) is 40.0.